The second-order valence-corrected chi connectivity index (χ2v) is 5.37. The Morgan fingerprint density at radius 1 is 1.05 bits per heavy atom. The van der Waals surface area contributed by atoms with Crippen molar-refractivity contribution in [2.75, 3.05) is 33.2 Å². The first-order valence-corrected chi connectivity index (χ1v) is 7.49. The van der Waals surface area contributed by atoms with Gasteiger partial charge in [0.1, 0.15) is 0 Å². The molecule has 1 aliphatic carbocycles. The molecule has 0 atom stereocenters. The largest absolute Gasteiger partial charge is 0.481 e. The maximum absolute atomic E-state index is 5.40. The van der Waals surface area contributed by atoms with Crippen molar-refractivity contribution >= 4 is 5.95 Å². The molecule has 0 bridgehead atoms. The van der Waals surface area contributed by atoms with Crippen LogP contribution in [0.3, 0.4) is 0 Å². The molecule has 1 aliphatic rings. The van der Waals surface area contributed by atoms with Crippen LogP contribution in [0.4, 0.5) is 5.95 Å². The zero-order valence-corrected chi connectivity index (χ0v) is 13.1. The normalized spacial score (nSPS) is 21.9. The highest BCUT2D eigenvalue weighted by Gasteiger charge is 2.20. The highest BCUT2D eigenvalue weighted by atomic mass is 16.5. The van der Waals surface area contributed by atoms with E-state index in [1.807, 2.05) is 0 Å². The Hall–Kier alpha value is -1.56. The zero-order valence-electron chi connectivity index (χ0n) is 13.1. The van der Waals surface area contributed by atoms with Crippen molar-refractivity contribution < 1.29 is 14.2 Å². The Balaban J connectivity index is 1.78. The van der Waals surface area contributed by atoms with Crippen LogP contribution in [0.15, 0.2) is 6.07 Å². The van der Waals surface area contributed by atoms with Gasteiger partial charge in [-0.15, -0.1) is 0 Å². The third kappa shape index (κ3) is 4.74. The highest BCUT2D eigenvalue weighted by Crippen LogP contribution is 2.28. The smallest absolute Gasteiger partial charge is 0.229 e. The van der Waals surface area contributed by atoms with E-state index < -0.39 is 0 Å². The molecule has 1 aromatic rings. The van der Waals surface area contributed by atoms with Crippen LogP contribution in [-0.2, 0) is 4.74 Å². The molecular weight excluding hydrogens is 270 g/mol. The molecule has 1 N–H and O–H groups in total. The summed E-state index contributed by atoms with van der Waals surface area (Å²) in [7, 11) is 4.97. The molecule has 21 heavy (non-hydrogen) atoms. The van der Waals surface area contributed by atoms with Crippen molar-refractivity contribution in [3.8, 4) is 11.8 Å². The molecule has 1 saturated carbocycles. The zero-order chi connectivity index (χ0) is 15.1. The topological polar surface area (TPSA) is 65.5 Å². The molecular formula is C15H25N3O3. The average molecular weight is 295 g/mol. The van der Waals surface area contributed by atoms with Gasteiger partial charge in [0, 0.05) is 13.7 Å². The van der Waals surface area contributed by atoms with Gasteiger partial charge < -0.3 is 19.5 Å². The maximum atomic E-state index is 5.40. The fourth-order valence-corrected chi connectivity index (χ4v) is 2.74. The molecule has 6 heteroatoms. The van der Waals surface area contributed by atoms with E-state index in [2.05, 4.69) is 15.3 Å². The summed E-state index contributed by atoms with van der Waals surface area (Å²) in [5.41, 5.74) is 0. The lowest BCUT2D eigenvalue weighted by Crippen LogP contribution is -2.22. The van der Waals surface area contributed by atoms with E-state index in [9.17, 15) is 0 Å². The molecule has 0 aliphatic heterocycles. The Labute approximate surface area is 126 Å². The minimum absolute atomic E-state index is 0.459. The lowest BCUT2D eigenvalue weighted by atomic mass is 9.85. The fourth-order valence-electron chi connectivity index (χ4n) is 2.74. The number of hydrogen-bond acceptors (Lipinski definition) is 6. The van der Waals surface area contributed by atoms with Gasteiger partial charge in [-0.25, -0.2) is 0 Å². The minimum Gasteiger partial charge on any atom is -0.481 e. The van der Waals surface area contributed by atoms with Crippen LogP contribution in [0.1, 0.15) is 32.1 Å². The summed E-state index contributed by atoms with van der Waals surface area (Å²) >= 11 is 0. The second kappa shape index (κ2) is 8.02. The molecule has 0 amide bonds. The number of nitrogens with one attached hydrogen (secondary N) is 1. The Kier molecular flexibility index (Phi) is 6.04. The van der Waals surface area contributed by atoms with Crippen LogP contribution in [0.5, 0.6) is 11.8 Å². The van der Waals surface area contributed by atoms with E-state index in [-0.39, 0.29) is 0 Å². The first-order chi connectivity index (χ1) is 10.2. The third-order valence-electron chi connectivity index (χ3n) is 4.06. The molecule has 0 saturated heterocycles. The molecule has 118 valence electrons. The number of aromatic nitrogens is 2. The Morgan fingerprint density at radius 3 is 2.19 bits per heavy atom. The van der Waals surface area contributed by atoms with Crippen molar-refractivity contribution in [3.05, 3.63) is 6.07 Å². The Morgan fingerprint density at radius 2 is 1.67 bits per heavy atom. The summed E-state index contributed by atoms with van der Waals surface area (Å²) in [5.74, 6) is 2.32. The standard InChI is InChI=1S/C15H25N3O3/c1-19-12-6-4-11(5-7-12)8-9-16-15-17-13(20-2)10-14(18-15)21-3/h10-12H,4-9H2,1-3H3,(H,16,17,18). The van der Waals surface area contributed by atoms with Crippen molar-refractivity contribution in [2.45, 2.75) is 38.2 Å². The number of methoxy groups -OCH3 is 3. The third-order valence-corrected chi connectivity index (χ3v) is 4.06. The molecule has 0 aromatic carbocycles. The van der Waals surface area contributed by atoms with E-state index in [1.165, 1.54) is 25.7 Å². The van der Waals surface area contributed by atoms with Crippen molar-refractivity contribution in [3.63, 3.8) is 0 Å². The van der Waals surface area contributed by atoms with Crippen LogP contribution in [0.2, 0.25) is 0 Å². The molecule has 0 radical (unpaired) electrons. The number of nitrogens with zero attached hydrogens (tertiary/aromatic N) is 2. The number of hydrogen-bond donors (Lipinski definition) is 1. The maximum Gasteiger partial charge on any atom is 0.229 e. The lowest BCUT2D eigenvalue weighted by molar-refractivity contribution is 0.0561. The summed E-state index contributed by atoms with van der Waals surface area (Å²) in [6.07, 6.45) is 6.40. The average Bonchev–Trinajstić information content (AvgIpc) is 2.55. The first-order valence-electron chi connectivity index (χ1n) is 7.49. The van der Waals surface area contributed by atoms with Crippen LogP contribution in [0.25, 0.3) is 0 Å². The van der Waals surface area contributed by atoms with Gasteiger partial charge in [-0.1, -0.05) is 0 Å². The monoisotopic (exact) mass is 295 g/mol. The summed E-state index contributed by atoms with van der Waals surface area (Å²) in [4.78, 5) is 8.53. The number of rotatable bonds is 7. The van der Waals surface area contributed by atoms with Gasteiger partial charge in [0.15, 0.2) is 0 Å². The quantitative estimate of drug-likeness (QED) is 0.833. The molecule has 1 aromatic heterocycles. The van der Waals surface area contributed by atoms with E-state index >= 15 is 0 Å². The van der Waals surface area contributed by atoms with Crippen molar-refractivity contribution in [2.24, 2.45) is 5.92 Å². The van der Waals surface area contributed by atoms with E-state index in [4.69, 9.17) is 14.2 Å². The highest BCUT2D eigenvalue weighted by molar-refractivity contribution is 5.33. The predicted octanol–water partition coefficient (Wildman–Crippen LogP) is 2.50. The second-order valence-electron chi connectivity index (χ2n) is 5.37. The molecule has 6 nitrogen and oxygen atoms in total. The minimum atomic E-state index is 0.459. The molecule has 0 unspecified atom stereocenters. The Bertz CT molecular complexity index is 412. The van der Waals surface area contributed by atoms with Crippen molar-refractivity contribution in [1.29, 1.82) is 0 Å². The molecule has 1 fully saturated rings. The van der Waals surface area contributed by atoms with Crippen LogP contribution in [0, 0.1) is 5.92 Å². The van der Waals surface area contributed by atoms with Gasteiger partial charge in [-0.3, -0.25) is 0 Å². The summed E-state index contributed by atoms with van der Waals surface area (Å²) in [6.45, 7) is 0.860. The first kappa shape index (κ1) is 15.8. The molecule has 2 rings (SSSR count). The van der Waals surface area contributed by atoms with Crippen LogP contribution < -0.4 is 14.8 Å². The molecule has 0 spiro atoms. The number of anilines is 1. The van der Waals surface area contributed by atoms with Gasteiger partial charge in [-0.2, -0.15) is 9.97 Å². The summed E-state index contributed by atoms with van der Waals surface area (Å²) in [5, 5.41) is 3.25. The fraction of sp³-hybridized carbons (Fsp3) is 0.733. The predicted molar refractivity (Wildman–Crippen MR) is 81.0 cm³/mol. The van der Waals surface area contributed by atoms with Gasteiger partial charge in [0.2, 0.25) is 17.7 Å². The van der Waals surface area contributed by atoms with Gasteiger partial charge in [-0.05, 0) is 38.0 Å². The van der Waals surface area contributed by atoms with Crippen LogP contribution in [-0.4, -0.2) is 43.9 Å². The molecule has 1 heterocycles. The SMILES string of the molecule is COc1cc(OC)nc(NCCC2CCC(OC)CC2)n1. The van der Waals surface area contributed by atoms with E-state index in [0.717, 1.165) is 18.9 Å². The van der Waals surface area contributed by atoms with Gasteiger partial charge in [0.25, 0.3) is 0 Å². The summed E-state index contributed by atoms with van der Waals surface area (Å²) < 4.78 is 15.7. The van der Waals surface area contributed by atoms with Gasteiger partial charge >= 0.3 is 0 Å². The summed E-state index contributed by atoms with van der Waals surface area (Å²) in [6, 6.07) is 1.66. The lowest BCUT2D eigenvalue weighted by Gasteiger charge is -2.27. The van der Waals surface area contributed by atoms with E-state index in [1.54, 1.807) is 27.4 Å². The van der Waals surface area contributed by atoms with E-state index in [0.29, 0.717) is 23.8 Å². The van der Waals surface area contributed by atoms with Crippen molar-refractivity contribution in [1.82, 2.24) is 9.97 Å². The number of ether oxygens (including phenoxy) is 3. The van der Waals surface area contributed by atoms with Crippen LogP contribution >= 0.6 is 0 Å². The van der Waals surface area contributed by atoms with Gasteiger partial charge in [0.05, 0.1) is 26.4 Å².